The van der Waals surface area contributed by atoms with Crippen molar-refractivity contribution in [2.75, 3.05) is 27.4 Å². The van der Waals surface area contributed by atoms with Crippen molar-refractivity contribution in [3.63, 3.8) is 0 Å². The Balaban J connectivity index is 1.45. The lowest BCUT2D eigenvalue weighted by Crippen LogP contribution is -2.49. The molecule has 10 nitrogen and oxygen atoms in total. The van der Waals surface area contributed by atoms with Crippen LogP contribution in [0.2, 0.25) is 0 Å². The van der Waals surface area contributed by atoms with Gasteiger partial charge in [-0.2, -0.15) is 13.5 Å². The SMILES string of the molecule is COc1cc(-c2cc(F)c3c(c2CC(=O)NS(=O)(=O)c2cc(C4(OC)COC4)n(C)n2)CCC3)ccn1. The Morgan fingerprint density at radius 1 is 1.22 bits per heavy atom. The number of aryl methyl sites for hydroxylation is 1. The van der Waals surface area contributed by atoms with Gasteiger partial charge in [0.25, 0.3) is 10.0 Å². The lowest BCUT2D eigenvalue weighted by atomic mass is 9.91. The van der Waals surface area contributed by atoms with Gasteiger partial charge in [-0.05, 0) is 59.2 Å². The molecule has 1 aliphatic carbocycles. The number of pyridine rings is 1. The zero-order valence-electron chi connectivity index (χ0n) is 20.7. The molecule has 1 aromatic carbocycles. The number of nitrogens with one attached hydrogen (secondary N) is 1. The number of amides is 1. The van der Waals surface area contributed by atoms with E-state index in [0.29, 0.717) is 46.7 Å². The standard InChI is InChI=1S/C25H27FN4O6S/c1-30-21(25(35-3)13-36-14-25)12-24(28-30)37(32,33)29-22(31)11-19-16-5-4-6-17(16)20(26)10-18(19)15-7-8-27-23(9-15)34-2/h7-10,12H,4-6,11,13-14H2,1-3H3,(H,29,31). The molecule has 2 aliphatic rings. The second-order valence-corrected chi connectivity index (χ2v) is 10.8. The quantitative estimate of drug-likeness (QED) is 0.470. The van der Waals surface area contributed by atoms with Gasteiger partial charge in [-0.3, -0.25) is 9.48 Å². The summed E-state index contributed by atoms with van der Waals surface area (Å²) in [6.07, 6.45) is 3.20. The van der Waals surface area contributed by atoms with E-state index in [0.717, 1.165) is 12.0 Å². The molecule has 1 amide bonds. The topological polar surface area (TPSA) is 122 Å². The molecule has 0 saturated carbocycles. The number of nitrogens with zero attached hydrogens (tertiary/aromatic N) is 3. The van der Waals surface area contributed by atoms with Crippen LogP contribution in [0, 0.1) is 5.82 Å². The van der Waals surface area contributed by atoms with Gasteiger partial charge in [-0.1, -0.05) is 0 Å². The number of hydrogen-bond acceptors (Lipinski definition) is 8. The summed E-state index contributed by atoms with van der Waals surface area (Å²) in [4.78, 5) is 17.2. The summed E-state index contributed by atoms with van der Waals surface area (Å²) in [6.45, 7) is 0.542. The lowest BCUT2D eigenvalue weighted by Gasteiger charge is -2.39. The van der Waals surface area contributed by atoms with Crippen molar-refractivity contribution in [1.29, 1.82) is 0 Å². The fourth-order valence-corrected chi connectivity index (χ4v) is 5.98. The molecule has 1 saturated heterocycles. The van der Waals surface area contributed by atoms with Crippen molar-refractivity contribution in [2.24, 2.45) is 7.05 Å². The number of fused-ring (bicyclic) bond motifs is 1. The van der Waals surface area contributed by atoms with E-state index in [9.17, 15) is 17.6 Å². The van der Waals surface area contributed by atoms with E-state index < -0.39 is 21.5 Å². The fourth-order valence-electron chi connectivity index (χ4n) is 5.01. The van der Waals surface area contributed by atoms with Gasteiger partial charge in [0, 0.05) is 32.5 Å². The number of aromatic nitrogens is 3. The van der Waals surface area contributed by atoms with E-state index in [4.69, 9.17) is 14.2 Å². The highest BCUT2D eigenvalue weighted by atomic mass is 32.2. The average Bonchev–Trinajstić information content (AvgIpc) is 3.49. The van der Waals surface area contributed by atoms with Crippen molar-refractivity contribution in [3.05, 3.63) is 58.7 Å². The van der Waals surface area contributed by atoms with Gasteiger partial charge in [0.1, 0.15) is 5.82 Å². The van der Waals surface area contributed by atoms with Gasteiger partial charge in [0.15, 0.2) is 10.6 Å². The molecule has 1 fully saturated rings. The van der Waals surface area contributed by atoms with E-state index >= 15 is 0 Å². The van der Waals surface area contributed by atoms with Crippen LogP contribution in [-0.2, 0) is 56.2 Å². The first-order chi connectivity index (χ1) is 17.7. The monoisotopic (exact) mass is 530 g/mol. The number of carbonyl (C=O) groups excluding carboxylic acids is 1. The number of benzene rings is 1. The zero-order chi connectivity index (χ0) is 26.4. The molecule has 12 heteroatoms. The molecule has 0 spiro atoms. The molecular formula is C25H27FN4O6S. The van der Waals surface area contributed by atoms with E-state index in [1.807, 2.05) is 0 Å². The second kappa shape index (κ2) is 9.51. The van der Waals surface area contributed by atoms with Crippen molar-refractivity contribution in [1.82, 2.24) is 19.5 Å². The van der Waals surface area contributed by atoms with Crippen LogP contribution in [0.3, 0.4) is 0 Å². The number of carbonyl (C=O) groups is 1. The summed E-state index contributed by atoms with van der Waals surface area (Å²) in [5.41, 5.74) is 2.75. The third-order valence-corrected chi connectivity index (χ3v) is 8.21. The van der Waals surface area contributed by atoms with Gasteiger partial charge in [0.2, 0.25) is 11.8 Å². The van der Waals surface area contributed by atoms with Crippen LogP contribution in [0.25, 0.3) is 11.1 Å². The molecule has 3 heterocycles. The molecule has 1 aliphatic heterocycles. The van der Waals surface area contributed by atoms with Crippen molar-refractivity contribution >= 4 is 15.9 Å². The third kappa shape index (κ3) is 4.49. The highest BCUT2D eigenvalue weighted by Gasteiger charge is 2.44. The molecule has 0 radical (unpaired) electrons. The van der Waals surface area contributed by atoms with Crippen LogP contribution >= 0.6 is 0 Å². The van der Waals surface area contributed by atoms with E-state index in [1.165, 1.54) is 37.2 Å². The first-order valence-electron chi connectivity index (χ1n) is 11.7. The van der Waals surface area contributed by atoms with Crippen LogP contribution in [0.4, 0.5) is 4.39 Å². The van der Waals surface area contributed by atoms with E-state index in [1.54, 1.807) is 19.2 Å². The molecule has 0 atom stereocenters. The first-order valence-corrected chi connectivity index (χ1v) is 13.2. The highest BCUT2D eigenvalue weighted by molar-refractivity contribution is 7.90. The van der Waals surface area contributed by atoms with Crippen LogP contribution < -0.4 is 9.46 Å². The molecule has 0 bridgehead atoms. The molecule has 3 aromatic rings. The molecule has 0 unspecified atom stereocenters. The predicted octanol–water partition coefficient (Wildman–Crippen LogP) is 2.04. The molecular weight excluding hydrogens is 503 g/mol. The summed E-state index contributed by atoms with van der Waals surface area (Å²) < 4.78 is 60.6. The zero-order valence-corrected chi connectivity index (χ0v) is 21.5. The second-order valence-electron chi connectivity index (χ2n) is 9.17. The highest BCUT2D eigenvalue weighted by Crippen LogP contribution is 2.37. The first kappa shape index (κ1) is 25.3. The van der Waals surface area contributed by atoms with E-state index in [-0.39, 0.29) is 30.5 Å². The maximum Gasteiger partial charge on any atom is 0.283 e. The lowest BCUT2D eigenvalue weighted by molar-refractivity contribution is -0.206. The minimum absolute atomic E-state index is 0.253. The van der Waals surface area contributed by atoms with Gasteiger partial charge in [-0.25, -0.2) is 14.1 Å². The Labute approximate surface area is 213 Å². The van der Waals surface area contributed by atoms with Crippen LogP contribution in [0.15, 0.2) is 35.5 Å². The summed E-state index contributed by atoms with van der Waals surface area (Å²) in [7, 11) is 0.320. The number of halogens is 1. The Kier molecular flexibility index (Phi) is 6.50. The molecule has 5 rings (SSSR count). The minimum atomic E-state index is -4.28. The number of ether oxygens (including phenoxy) is 3. The number of rotatable bonds is 8. The van der Waals surface area contributed by atoms with Gasteiger partial charge >= 0.3 is 0 Å². The Hall–Kier alpha value is -3.35. The van der Waals surface area contributed by atoms with Crippen LogP contribution in [0.1, 0.15) is 28.8 Å². The van der Waals surface area contributed by atoms with E-state index in [2.05, 4.69) is 14.8 Å². The van der Waals surface area contributed by atoms with Gasteiger partial charge in [-0.15, -0.1) is 0 Å². The Morgan fingerprint density at radius 3 is 2.65 bits per heavy atom. The fraction of sp³-hybridized carbons (Fsp3) is 0.400. The minimum Gasteiger partial charge on any atom is -0.481 e. The largest absolute Gasteiger partial charge is 0.481 e. The maximum absolute atomic E-state index is 15.0. The van der Waals surface area contributed by atoms with Crippen molar-refractivity contribution in [3.8, 4) is 17.0 Å². The van der Waals surface area contributed by atoms with Gasteiger partial charge < -0.3 is 14.2 Å². The predicted molar refractivity (Wildman–Crippen MR) is 130 cm³/mol. The average molecular weight is 531 g/mol. The molecule has 1 N–H and O–H groups in total. The number of hydrogen-bond donors (Lipinski definition) is 1. The number of sulfonamides is 1. The Bertz CT molecular complexity index is 1480. The van der Waals surface area contributed by atoms with Crippen LogP contribution in [0.5, 0.6) is 5.88 Å². The summed E-state index contributed by atoms with van der Waals surface area (Å²) in [5, 5.41) is 3.80. The number of methoxy groups -OCH3 is 2. The third-order valence-electron chi connectivity index (χ3n) is 6.97. The normalized spacial score (nSPS) is 16.2. The smallest absolute Gasteiger partial charge is 0.283 e. The summed E-state index contributed by atoms with van der Waals surface area (Å²) in [5.74, 6) is -0.750. The molecule has 2 aromatic heterocycles. The van der Waals surface area contributed by atoms with Gasteiger partial charge in [0.05, 0.1) is 32.4 Å². The Morgan fingerprint density at radius 2 is 1.97 bits per heavy atom. The van der Waals surface area contributed by atoms with Crippen LogP contribution in [-0.4, -0.2) is 56.5 Å². The molecule has 196 valence electrons. The summed E-state index contributed by atoms with van der Waals surface area (Å²) in [6, 6.07) is 6.12. The molecule has 37 heavy (non-hydrogen) atoms. The van der Waals surface area contributed by atoms with Crippen molar-refractivity contribution in [2.45, 2.75) is 36.3 Å². The maximum atomic E-state index is 15.0. The summed E-state index contributed by atoms with van der Waals surface area (Å²) >= 11 is 0. The van der Waals surface area contributed by atoms with Crippen molar-refractivity contribution < 1.29 is 31.8 Å².